The summed E-state index contributed by atoms with van der Waals surface area (Å²) in [7, 11) is 1.88. The standard InChI is InChI=1S/C15H21N5O/c1-3-7-17-14-11-16-8-5-13(14)15(21)18-9-4-12-6-10-20(2)19-12/h5-6,8,10-11,17H,3-4,7,9H2,1-2H3,(H,18,21). The Hall–Kier alpha value is -2.37. The van der Waals surface area contributed by atoms with Crippen LogP contribution in [0.3, 0.4) is 0 Å². The minimum atomic E-state index is -0.0908. The monoisotopic (exact) mass is 287 g/mol. The van der Waals surface area contributed by atoms with Crippen LogP contribution in [-0.4, -0.2) is 33.8 Å². The van der Waals surface area contributed by atoms with Crippen molar-refractivity contribution < 1.29 is 4.79 Å². The Labute approximate surface area is 124 Å². The Kier molecular flexibility index (Phi) is 5.31. The van der Waals surface area contributed by atoms with Gasteiger partial charge in [0.25, 0.3) is 5.91 Å². The molecule has 0 bridgehead atoms. The molecule has 2 N–H and O–H groups in total. The molecule has 0 fully saturated rings. The number of carbonyl (C=O) groups excluding carboxylic acids is 1. The van der Waals surface area contributed by atoms with Crippen LogP contribution in [0.4, 0.5) is 5.69 Å². The summed E-state index contributed by atoms with van der Waals surface area (Å²) in [6.07, 6.45) is 6.92. The van der Waals surface area contributed by atoms with Gasteiger partial charge in [-0.25, -0.2) is 0 Å². The molecule has 21 heavy (non-hydrogen) atoms. The third-order valence-corrected chi connectivity index (χ3v) is 3.07. The average molecular weight is 287 g/mol. The Morgan fingerprint density at radius 1 is 1.33 bits per heavy atom. The van der Waals surface area contributed by atoms with E-state index < -0.39 is 0 Å². The largest absolute Gasteiger partial charge is 0.383 e. The zero-order valence-corrected chi connectivity index (χ0v) is 12.5. The minimum absolute atomic E-state index is 0.0908. The van der Waals surface area contributed by atoms with Crippen molar-refractivity contribution in [2.24, 2.45) is 7.05 Å². The van der Waals surface area contributed by atoms with Gasteiger partial charge in [0, 0.05) is 39.0 Å². The highest BCUT2D eigenvalue weighted by Gasteiger charge is 2.10. The first-order valence-electron chi connectivity index (χ1n) is 7.15. The van der Waals surface area contributed by atoms with Crippen LogP contribution in [0.15, 0.2) is 30.7 Å². The molecule has 2 heterocycles. The number of pyridine rings is 1. The molecular formula is C15H21N5O. The molecule has 6 nitrogen and oxygen atoms in total. The molecule has 0 radical (unpaired) electrons. The summed E-state index contributed by atoms with van der Waals surface area (Å²) in [5.41, 5.74) is 2.37. The van der Waals surface area contributed by atoms with Gasteiger partial charge in [0.2, 0.25) is 0 Å². The van der Waals surface area contributed by atoms with Crippen molar-refractivity contribution >= 4 is 11.6 Å². The lowest BCUT2D eigenvalue weighted by Crippen LogP contribution is -2.26. The van der Waals surface area contributed by atoms with Gasteiger partial charge in [-0.05, 0) is 18.6 Å². The van der Waals surface area contributed by atoms with Gasteiger partial charge in [0.15, 0.2) is 0 Å². The van der Waals surface area contributed by atoms with Crippen molar-refractivity contribution in [2.45, 2.75) is 19.8 Å². The Morgan fingerprint density at radius 3 is 2.90 bits per heavy atom. The number of carbonyl (C=O) groups is 1. The summed E-state index contributed by atoms with van der Waals surface area (Å²) in [5.74, 6) is -0.0908. The molecule has 6 heteroatoms. The van der Waals surface area contributed by atoms with Crippen LogP contribution in [0.5, 0.6) is 0 Å². The normalized spacial score (nSPS) is 10.4. The van der Waals surface area contributed by atoms with Gasteiger partial charge in [-0.1, -0.05) is 6.92 Å². The predicted octanol–water partition coefficient (Wildman–Crippen LogP) is 1.61. The molecule has 2 rings (SSSR count). The topological polar surface area (TPSA) is 71.8 Å². The zero-order valence-electron chi connectivity index (χ0n) is 12.5. The van der Waals surface area contributed by atoms with Crippen LogP contribution in [-0.2, 0) is 13.5 Å². The number of rotatable bonds is 7. The molecule has 0 saturated heterocycles. The quantitative estimate of drug-likeness (QED) is 0.811. The summed E-state index contributed by atoms with van der Waals surface area (Å²) in [4.78, 5) is 16.3. The highest BCUT2D eigenvalue weighted by molar-refractivity contribution is 5.99. The predicted molar refractivity (Wildman–Crippen MR) is 82.3 cm³/mol. The highest BCUT2D eigenvalue weighted by atomic mass is 16.1. The number of anilines is 1. The fraction of sp³-hybridized carbons (Fsp3) is 0.400. The molecule has 1 amide bonds. The van der Waals surface area contributed by atoms with Crippen molar-refractivity contribution in [1.29, 1.82) is 0 Å². The van der Waals surface area contributed by atoms with Gasteiger partial charge in [0.1, 0.15) is 0 Å². The van der Waals surface area contributed by atoms with Crippen molar-refractivity contribution in [3.05, 3.63) is 42.0 Å². The van der Waals surface area contributed by atoms with Crippen molar-refractivity contribution in [3.63, 3.8) is 0 Å². The molecule has 0 unspecified atom stereocenters. The molecule has 2 aromatic heterocycles. The van der Waals surface area contributed by atoms with E-state index in [-0.39, 0.29) is 5.91 Å². The van der Waals surface area contributed by atoms with E-state index in [0.717, 1.165) is 30.8 Å². The molecule has 0 aliphatic heterocycles. The van der Waals surface area contributed by atoms with E-state index in [9.17, 15) is 4.79 Å². The number of aromatic nitrogens is 3. The second-order valence-electron chi connectivity index (χ2n) is 4.83. The maximum Gasteiger partial charge on any atom is 0.253 e. The molecule has 0 aromatic carbocycles. The maximum absolute atomic E-state index is 12.2. The molecule has 0 saturated carbocycles. The van der Waals surface area contributed by atoms with Crippen LogP contribution in [0.25, 0.3) is 0 Å². The first-order chi connectivity index (χ1) is 10.2. The van der Waals surface area contributed by atoms with E-state index in [1.54, 1.807) is 23.1 Å². The fourth-order valence-corrected chi connectivity index (χ4v) is 1.99. The summed E-state index contributed by atoms with van der Waals surface area (Å²) < 4.78 is 1.76. The fourth-order valence-electron chi connectivity index (χ4n) is 1.99. The molecule has 0 atom stereocenters. The molecule has 112 valence electrons. The second-order valence-corrected chi connectivity index (χ2v) is 4.83. The lowest BCUT2D eigenvalue weighted by Gasteiger charge is -2.10. The smallest absolute Gasteiger partial charge is 0.253 e. The van der Waals surface area contributed by atoms with E-state index in [1.807, 2.05) is 19.3 Å². The summed E-state index contributed by atoms with van der Waals surface area (Å²) in [6.45, 7) is 3.46. The van der Waals surface area contributed by atoms with Crippen LogP contribution < -0.4 is 10.6 Å². The molecular weight excluding hydrogens is 266 g/mol. The Bertz CT molecular complexity index is 593. The van der Waals surface area contributed by atoms with Gasteiger partial charge in [-0.2, -0.15) is 5.10 Å². The zero-order chi connectivity index (χ0) is 15.1. The first-order valence-corrected chi connectivity index (χ1v) is 7.15. The van der Waals surface area contributed by atoms with Gasteiger partial charge >= 0.3 is 0 Å². The van der Waals surface area contributed by atoms with E-state index >= 15 is 0 Å². The molecule has 0 spiro atoms. The molecule has 0 aliphatic rings. The number of aryl methyl sites for hydroxylation is 1. The highest BCUT2D eigenvalue weighted by Crippen LogP contribution is 2.13. The SMILES string of the molecule is CCCNc1cnccc1C(=O)NCCc1ccn(C)n1. The van der Waals surface area contributed by atoms with E-state index in [2.05, 4.69) is 27.6 Å². The van der Waals surface area contributed by atoms with Crippen LogP contribution >= 0.6 is 0 Å². The third kappa shape index (κ3) is 4.30. The summed E-state index contributed by atoms with van der Waals surface area (Å²) in [5, 5.41) is 10.4. The maximum atomic E-state index is 12.2. The third-order valence-electron chi connectivity index (χ3n) is 3.07. The first kappa shape index (κ1) is 15.0. The van der Waals surface area contributed by atoms with Gasteiger partial charge in [-0.15, -0.1) is 0 Å². The summed E-state index contributed by atoms with van der Waals surface area (Å²) in [6, 6.07) is 3.68. The van der Waals surface area contributed by atoms with Gasteiger partial charge in [0.05, 0.1) is 23.1 Å². The number of nitrogens with one attached hydrogen (secondary N) is 2. The van der Waals surface area contributed by atoms with E-state index in [4.69, 9.17) is 0 Å². The summed E-state index contributed by atoms with van der Waals surface area (Å²) >= 11 is 0. The van der Waals surface area contributed by atoms with Gasteiger partial charge < -0.3 is 10.6 Å². The van der Waals surface area contributed by atoms with E-state index in [1.165, 1.54) is 0 Å². The molecule has 2 aromatic rings. The number of hydrogen-bond acceptors (Lipinski definition) is 4. The van der Waals surface area contributed by atoms with Crippen molar-refractivity contribution in [3.8, 4) is 0 Å². The van der Waals surface area contributed by atoms with Crippen LogP contribution in [0, 0.1) is 0 Å². The number of hydrogen-bond donors (Lipinski definition) is 2. The second kappa shape index (κ2) is 7.42. The Balaban J connectivity index is 1.90. The van der Waals surface area contributed by atoms with Gasteiger partial charge in [-0.3, -0.25) is 14.5 Å². The minimum Gasteiger partial charge on any atom is -0.383 e. The Morgan fingerprint density at radius 2 is 2.19 bits per heavy atom. The lowest BCUT2D eigenvalue weighted by atomic mass is 10.2. The number of nitrogens with zero attached hydrogens (tertiary/aromatic N) is 3. The van der Waals surface area contributed by atoms with E-state index in [0.29, 0.717) is 12.1 Å². The number of amides is 1. The van der Waals surface area contributed by atoms with Crippen LogP contribution in [0.1, 0.15) is 29.4 Å². The molecule has 0 aliphatic carbocycles. The van der Waals surface area contributed by atoms with Crippen molar-refractivity contribution in [1.82, 2.24) is 20.1 Å². The van der Waals surface area contributed by atoms with Crippen LogP contribution in [0.2, 0.25) is 0 Å². The lowest BCUT2D eigenvalue weighted by molar-refractivity contribution is 0.0954. The average Bonchev–Trinajstić information content (AvgIpc) is 2.91. The van der Waals surface area contributed by atoms with Crippen molar-refractivity contribution in [2.75, 3.05) is 18.4 Å².